The number of carbonyl (C=O) groups is 1. The van der Waals surface area contributed by atoms with Crippen molar-refractivity contribution >= 4 is 12.0 Å². The van der Waals surface area contributed by atoms with Crippen molar-refractivity contribution in [3.8, 4) is 11.5 Å². The Kier molecular flexibility index (Phi) is 8.38. The number of piperidine rings is 1. The quantitative estimate of drug-likeness (QED) is 0.615. The van der Waals surface area contributed by atoms with Crippen molar-refractivity contribution in [1.29, 1.82) is 0 Å². The molecule has 6 nitrogen and oxygen atoms in total. The maximum atomic E-state index is 12.7. The van der Waals surface area contributed by atoms with E-state index in [1.54, 1.807) is 13.2 Å². The first-order chi connectivity index (χ1) is 14.8. The van der Waals surface area contributed by atoms with Gasteiger partial charge in [-0.2, -0.15) is 0 Å². The Morgan fingerprint density at radius 1 is 1.16 bits per heavy atom. The summed E-state index contributed by atoms with van der Waals surface area (Å²) in [6.07, 6.45) is 6.34. The van der Waals surface area contributed by atoms with Gasteiger partial charge in [-0.15, -0.1) is 0 Å². The van der Waals surface area contributed by atoms with E-state index in [0.29, 0.717) is 29.6 Å². The lowest BCUT2D eigenvalue weighted by Gasteiger charge is -2.39. The molecule has 31 heavy (non-hydrogen) atoms. The number of morpholine rings is 1. The number of hydrogen-bond acceptors (Lipinski definition) is 5. The van der Waals surface area contributed by atoms with Crippen molar-refractivity contribution < 1.29 is 19.0 Å². The average molecular weight is 431 g/mol. The second kappa shape index (κ2) is 11.0. The zero-order valence-electron chi connectivity index (χ0n) is 19.7. The van der Waals surface area contributed by atoms with Crippen molar-refractivity contribution in [2.45, 2.75) is 58.8 Å². The second-order valence-corrected chi connectivity index (χ2v) is 9.15. The summed E-state index contributed by atoms with van der Waals surface area (Å²) >= 11 is 0. The second-order valence-electron chi connectivity index (χ2n) is 9.15. The number of amides is 1. The fourth-order valence-corrected chi connectivity index (χ4v) is 4.55. The van der Waals surface area contributed by atoms with Gasteiger partial charge in [-0.3, -0.25) is 9.69 Å². The first-order valence-electron chi connectivity index (χ1n) is 11.5. The molecule has 2 saturated heterocycles. The van der Waals surface area contributed by atoms with Gasteiger partial charge in [0.25, 0.3) is 0 Å². The Labute approximate surface area is 187 Å². The van der Waals surface area contributed by atoms with Crippen LogP contribution in [0, 0.1) is 5.92 Å². The van der Waals surface area contributed by atoms with Gasteiger partial charge >= 0.3 is 0 Å². The Morgan fingerprint density at radius 2 is 1.84 bits per heavy atom. The Hall–Kier alpha value is -2.05. The normalized spacial score (nSPS) is 23.5. The molecule has 2 atom stereocenters. The Bertz CT molecular complexity index is 746. The number of methoxy groups -OCH3 is 1. The summed E-state index contributed by atoms with van der Waals surface area (Å²) in [5.74, 6) is 2.12. The molecule has 1 aromatic rings. The molecule has 1 aromatic carbocycles. The van der Waals surface area contributed by atoms with Gasteiger partial charge in [-0.05, 0) is 70.2 Å². The molecule has 6 heteroatoms. The standard InChI is InChI=1S/C25H38N2O4/c1-18(2)30-23-8-6-21(14-24(23)29-5)7-9-25(28)27-12-10-22(11-13-27)17-26-15-19(3)31-20(4)16-26/h6-9,14,18-20,22H,10-13,15-17H2,1-5H3/b9-7+. The van der Waals surface area contributed by atoms with Crippen LogP contribution in [0.3, 0.4) is 0 Å². The Morgan fingerprint density at radius 3 is 2.45 bits per heavy atom. The van der Waals surface area contributed by atoms with Crippen LogP contribution in [0.5, 0.6) is 11.5 Å². The van der Waals surface area contributed by atoms with Crippen molar-refractivity contribution in [1.82, 2.24) is 9.80 Å². The molecule has 0 spiro atoms. The predicted molar refractivity (Wildman–Crippen MR) is 124 cm³/mol. The maximum Gasteiger partial charge on any atom is 0.246 e. The lowest BCUT2D eigenvalue weighted by molar-refractivity contribution is -0.127. The first-order valence-corrected chi connectivity index (χ1v) is 11.5. The molecule has 2 aliphatic rings. The number of ether oxygens (including phenoxy) is 3. The van der Waals surface area contributed by atoms with Gasteiger partial charge in [-0.1, -0.05) is 6.07 Å². The number of likely N-dealkylation sites (tertiary alicyclic amines) is 1. The molecule has 172 valence electrons. The molecule has 0 radical (unpaired) electrons. The van der Waals surface area contributed by atoms with Gasteiger partial charge in [0, 0.05) is 38.8 Å². The monoisotopic (exact) mass is 430 g/mol. The number of hydrogen-bond donors (Lipinski definition) is 0. The van der Waals surface area contributed by atoms with Crippen LogP contribution in [0.25, 0.3) is 6.08 Å². The van der Waals surface area contributed by atoms with E-state index in [2.05, 4.69) is 18.7 Å². The average Bonchev–Trinajstić information content (AvgIpc) is 2.72. The zero-order valence-corrected chi connectivity index (χ0v) is 19.7. The van der Waals surface area contributed by atoms with Crippen molar-refractivity contribution in [3.63, 3.8) is 0 Å². The van der Waals surface area contributed by atoms with Crippen LogP contribution >= 0.6 is 0 Å². The molecule has 1 amide bonds. The van der Waals surface area contributed by atoms with E-state index in [1.807, 2.05) is 43.0 Å². The lowest BCUT2D eigenvalue weighted by Crippen LogP contribution is -2.48. The molecule has 0 saturated carbocycles. The van der Waals surface area contributed by atoms with E-state index >= 15 is 0 Å². The number of rotatable bonds is 7. The highest BCUT2D eigenvalue weighted by Gasteiger charge is 2.27. The minimum atomic E-state index is 0.0774. The molecule has 0 aromatic heterocycles. The molecular weight excluding hydrogens is 392 g/mol. The van der Waals surface area contributed by atoms with Crippen molar-refractivity contribution in [2.75, 3.05) is 39.8 Å². The van der Waals surface area contributed by atoms with E-state index in [0.717, 1.165) is 51.1 Å². The third-order valence-corrected chi connectivity index (χ3v) is 5.91. The molecule has 0 bridgehead atoms. The fourth-order valence-electron chi connectivity index (χ4n) is 4.55. The minimum absolute atomic E-state index is 0.0774. The topological polar surface area (TPSA) is 51.2 Å². The summed E-state index contributed by atoms with van der Waals surface area (Å²) in [4.78, 5) is 17.2. The van der Waals surface area contributed by atoms with Gasteiger partial charge in [0.05, 0.1) is 25.4 Å². The summed E-state index contributed by atoms with van der Waals surface area (Å²) in [6, 6.07) is 5.74. The van der Waals surface area contributed by atoms with Gasteiger partial charge < -0.3 is 19.1 Å². The lowest BCUT2D eigenvalue weighted by atomic mass is 9.95. The molecular formula is C25H38N2O4. The molecule has 2 heterocycles. The summed E-state index contributed by atoms with van der Waals surface area (Å²) in [7, 11) is 1.63. The van der Waals surface area contributed by atoms with Gasteiger partial charge in [-0.25, -0.2) is 0 Å². The van der Waals surface area contributed by atoms with Gasteiger partial charge in [0.2, 0.25) is 5.91 Å². The summed E-state index contributed by atoms with van der Waals surface area (Å²) in [6.45, 7) is 13.1. The SMILES string of the molecule is COc1cc(/C=C/C(=O)N2CCC(CN3CC(C)OC(C)C3)CC2)ccc1OC(C)C. The number of carbonyl (C=O) groups excluding carboxylic acids is 1. The third-order valence-electron chi connectivity index (χ3n) is 5.91. The molecule has 2 unspecified atom stereocenters. The molecule has 2 aliphatic heterocycles. The molecule has 2 fully saturated rings. The largest absolute Gasteiger partial charge is 0.493 e. The van der Waals surface area contributed by atoms with Crippen molar-refractivity contribution in [3.05, 3.63) is 29.8 Å². The summed E-state index contributed by atoms with van der Waals surface area (Å²) in [5, 5.41) is 0. The molecule has 0 aliphatic carbocycles. The van der Waals surface area contributed by atoms with E-state index in [4.69, 9.17) is 14.2 Å². The highest BCUT2D eigenvalue weighted by atomic mass is 16.5. The molecule has 3 rings (SSSR count). The maximum absolute atomic E-state index is 12.7. The molecule has 0 N–H and O–H groups in total. The van der Waals surface area contributed by atoms with E-state index < -0.39 is 0 Å². The highest BCUT2D eigenvalue weighted by molar-refractivity contribution is 5.91. The summed E-state index contributed by atoms with van der Waals surface area (Å²) in [5.41, 5.74) is 0.923. The van der Waals surface area contributed by atoms with E-state index in [1.165, 1.54) is 0 Å². The van der Waals surface area contributed by atoms with Crippen LogP contribution in [0.2, 0.25) is 0 Å². The van der Waals surface area contributed by atoms with Gasteiger partial charge in [0.15, 0.2) is 11.5 Å². The first kappa shape index (κ1) is 23.6. The van der Waals surface area contributed by atoms with Crippen LogP contribution < -0.4 is 9.47 Å². The number of nitrogens with zero attached hydrogens (tertiary/aromatic N) is 2. The van der Waals surface area contributed by atoms with Crippen LogP contribution in [0.4, 0.5) is 0 Å². The Balaban J connectivity index is 1.49. The van der Waals surface area contributed by atoms with E-state index in [9.17, 15) is 4.79 Å². The van der Waals surface area contributed by atoms with Gasteiger partial charge in [0.1, 0.15) is 0 Å². The van der Waals surface area contributed by atoms with Crippen LogP contribution in [-0.2, 0) is 9.53 Å². The zero-order chi connectivity index (χ0) is 22.4. The van der Waals surface area contributed by atoms with Crippen LogP contribution in [-0.4, -0.2) is 73.9 Å². The smallest absolute Gasteiger partial charge is 0.246 e. The minimum Gasteiger partial charge on any atom is -0.493 e. The number of benzene rings is 1. The highest BCUT2D eigenvalue weighted by Crippen LogP contribution is 2.29. The predicted octanol–water partition coefficient (Wildman–Crippen LogP) is 3.84. The van der Waals surface area contributed by atoms with Crippen LogP contribution in [0.1, 0.15) is 46.1 Å². The summed E-state index contributed by atoms with van der Waals surface area (Å²) < 4.78 is 17.0. The van der Waals surface area contributed by atoms with Crippen molar-refractivity contribution in [2.24, 2.45) is 5.92 Å². The third kappa shape index (κ3) is 6.97. The fraction of sp³-hybridized carbons (Fsp3) is 0.640. The van der Waals surface area contributed by atoms with E-state index in [-0.39, 0.29) is 12.0 Å². The van der Waals surface area contributed by atoms with Crippen LogP contribution in [0.15, 0.2) is 24.3 Å².